The van der Waals surface area contributed by atoms with Gasteiger partial charge in [-0.1, -0.05) is 18.2 Å². The summed E-state index contributed by atoms with van der Waals surface area (Å²) in [7, 11) is 0. The van der Waals surface area contributed by atoms with Gasteiger partial charge in [0, 0.05) is 32.4 Å². The van der Waals surface area contributed by atoms with Crippen molar-refractivity contribution in [2.24, 2.45) is 0 Å². The second-order valence-corrected chi connectivity index (χ2v) is 6.29. The summed E-state index contributed by atoms with van der Waals surface area (Å²) in [6, 6.07) is 11.0. The fraction of sp³-hybridized carbons (Fsp3) is 0.368. The average Bonchev–Trinajstić information content (AvgIpc) is 3.21. The number of piperazine rings is 1. The van der Waals surface area contributed by atoms with Crippen LogP contribution in [0.15, 0.2) is 42.6 Å². The molecular formula is C19H23N3O4. The number of rotatable bonds is 5. The maximum absolute atomic E-state index is 12.4. The number of nitrogens with zero attached hydrogens (tertiary/aromatic N) is 2. The molecule has 2 heterocycles. The second kappa shape index (κ2) is 8.05. The molecule has 2 amide bonds. The van der Waals surface area contributed by atoms with E-state index in [2.05, 4.69) is 4.98 Å². The van der Waals surface area contributed by atoms with Gasteiger partial charge in [-0.15, -0.1) is 0 Å². The second-order valence-electron chi connectivity index (χ2n) is 6.29. The summed E-state index contributed by atoms with van der Waals surface area (Å²) in [5, 5.41) is 10.1. The first-order chi connectivity index (χ1) is 12.6. The lowest BCUT2D eigenvalue weighted by molar-refractivity contribution is -0.143. The molecule has 7 heteroatoms. The lowest BCUT2D eigenvalue weighted by Gasteiger charge is -2.35. The van der Waals surface area contributed by atoms with Crippen LogP contribution in [0.1, 0.15) is 16.1 Å². The molecule has 1 atom stereocenters. The van der Waals surface area contributed by atoms with Crippen molar-refractivity contribution in [2.75, 3.05) is 32.8 Å². The molecule has 2 aromatic rings. The largest absolute Gasteiger partial charge is 0.490 e. The number of aromatic nitrogens is 1. The lowest BCUT2D eigenvalue weighted by atomic mass is 10.2. The number of hydrogen-bond donors (Lipinski definition) is 2. The van der Waals surface area contributed by atoms with Crippen molar-refractivity contribution in [1.29, 1.82) is 0 Å². The number of ether oxygens (including phenoxy) is 1. The van der Waals surface area contributed by atoms with Crippen LogP contribution in [0.2, 0.25) is 0 Å². The molecule has 3 rings (SSSR count). The number of aliphatic hydroxyl groups excluding tert-OH is 1. The summed E-state index contributed by atoms with van der Waals surface area (Å²) < 4.78 is 5.55. The summed E-state index contributed by atoms with van der Waals surface area (Å²) in [5.74, 6) is 0.205. The van der Waals surface area contributed by atoms with E-state index in [0.29, 0.717) is 37.6 Å². The Morgan fingerprint density at radius 2 is 1.81 bits per heavy atom. The van der Waals surface area contributed by atoms with E-state index < -0.39 is 6.10 Å². The number of carbonyl (C=O) groups is 2. The Balaban J connectivity index is 1.48. The number of amides is 2. The van der Waals surface area contributed by atoms with Gasteiger partial charge in [-0.05, 0) is 30.7 Å². The van der Waals surface area contributed by atoms with E-state index >= 15 is 0 Å². The number of carbonyl (C=O) groups excluding carboxylic acids is 2. The number of hydrogen-bond acceptors (Lipinski definition) is 4. The monoisotopic (exact) mass is 357 g/mol. The van der Waals surface area contributed by atoms with Crippen molar-refractivity contribution in [3.63, 3.8) is 0 Å². The number of nitrogens with one attached hydrogen (secondary N) is 1. The van der Waals surface area contributed by atoms with Gasteiger partial charge in [0.25, 0.3) is 11.8 Å². The highest BCUT2D eigenvalue weighted by Crippen LogP contribution is 2.16. The van der Waals surface area contributed by atoms with Crippen molar-refractivity contribution in [3.05, 3.63) is 53.9 Å². The normalized spacial score (nSPS) is 15.6. The Kier molecular flexibility index (Phi) is 5.58. The molecule has 0 radical (unpaired) electrons. The summed E-state index contributed by atoms with van der Waals surface area (Å²) in [4.78, 5) is 30.8. The molecule has 26 heavy (non-hydrogen) atoms. The molecule has 1 aliphatic rings. The van der Waals surface area contributed by atoms with Crippen LogP contribution in [0, 0.1) is 6.92 Å². The molecule has 1 saturated heterocycles. The van der Waals surface area contributed by atoms with E-state index in [9.17, 15) is 14.7 Å². The van der Waals surface area contributed by atoms with Gasteiger partial charge in [0.15, 0.2) is 6.10 Å². The minimum Gasteiger partial charge on any atom is -0.490 e. The van der Waals surface area contributed by atoms with Crippen LogP contribution in [-0.2, 0) is 4.79 Å². The van der Waals surface area contributed by atoms with Crippen LogP contribution in [0.3, 0.4) is 0 Å². The Morgan fingerprint density at radius 3 is 2.46 bits per heavy atom. The Bertz CT molecular complexity index is 752. The highest BCUT2D eigenvalue weighted by atomic mass is 16.5. The molecular weight excluding hydrogens is 334 g/mol. The molecule has 2 N–H and O–H groups in total. The molecule has 0 saturated carbocycles. The van der Waals surface area contributed by atoms with Gasteiger partial charge in [0.1, 0.15) is 18.1 Å². The lowest BCUT2D eigenvalue weighted by Crippen LogP contribution is -2.53. The summed E-state index contributed by atoms with van der Waals surface area (Å²) in [5.41, 5.74) is 1.49. The highest BCUT2D eigenvalue weighted by molar-refractivity contribution is 5.92. The van der Waals surface area contributed by atoms with Crippen molar-refractivity contribution in [2.45, 2.75) is 13.0 Å². The van der Waals surface area contributed by atoms with E-state index in [4.69, 9.17) is 4.74 Å². The van der Waals surface area contributed by atoms with Gasteiger partial charge < -0.3 is 24.6 Å². The fourth-order valence-corrected chi connectivity index (χ4v) is 2.93. The highest BCUT2D eigenvalue weighted by Gasteiger charge is 2.28. The molecule has 1 unspecified atom stereocenters. The first-order valence-electron chi connectivity index (χ1n) is 8.64. The third kappa shape index (κ3) is 4.05. The van der Waals surface area contributed by atoms with Crippen LogP contribution < -0.4 is 4.74 Å². The number of para-hydroxylation sites is 1. The zero-order valence-electron chi connectivity index (χ0n) is 14.7. The minimum atomic E-state index is -1.22. The number of benzene rings is 1. The quantitative estimate of drug-likeness (QED) is 0.837. The van der Waals surface area contributed by atoms with Crippen molar-refractivity contribution < 1.29 is 19.4 Å². The predicted molar refractivity (Wildman–Crippen MR) is 96.0 cm³/mol. The summed E-state index contributed by atoms with van der Waals surface area (Å²) >= 11 is 0. The maximum atomic E-state index is 12.4. The zero-order chi connectivity index (χ0) is 18.5. The van der Waals surface area contributed by atoms with Gasteiger partial charge in [0.05, 0.1) is 0 Å². The molecule has 0 aliphatic carbocycles. The molecule has 0 bridgehead atoms. The van der Waals surface area contributed by atoms with Crippen LogP contribution in [0.5, 0.6) is 5.75 Å². The molecule has 1 aliphatic heterocycles. The first kappa shape index (κ1) is 18.0. The molecule has 138 valence electrons. The Morgan fingerprint density at radius 1 is 1.12 bits per heavy atom. The minimum absolute atomic E-state index is 0.0782. The fourth-order valence-electron chi connectivity index (χ4n) is 2.93. The van der Waals surface area contributed by atoms with Crippen molar-refractivity contribution in [3.8, 4) is 5.75 Å². The third-order valence-electron chi connectivity index (χ3n) is 4.48. The van der Waals surface area contributed by atoms with E-state index in [1.165, 1.54) is 0 Å². The van der Waals surface area contributed by atoms with Gasteiger partial charge in [-0.2, -0.15) is 0 Å². The predicted octanol–water partition coefficient (Wildman–Crippen LogP) is 1.05. The van der Waals surface area contributed by atoms with Crippen LogP contribution in [-0.4, -0.2) is 70.6 Å². The van der Waals surface area contributed by atoms with E-state index in [-0.39, 0.29) is 18.4 Å². The van der Waals surface area contributed by atoms with Gasteiger partial charge in [-0.25, -0.2) is 0 Å². The molecule has 1 aromatic heterocycles. The maximum Gasteiger partial charge on any atom is 0.270 e. The number of aryl methyl sites for hydroxylation is 1. The number of H-pyrrole nitrogens is 1. The Labute approximate surface area is 152 Å². The van der Waals surface area contributed by atoms with E-state index in [1.54, 1.807) is 34.2 Å². The standard InChI is InChI=1S/C19H23N3O4/c1-14-5-2-3-7-17(14)26-13-16(23)19(25)22-11-9-21(10-12-22)18(24)15-6-4-8-20-15/h2-8,16,20,23H,9-13H2,1H3. The Hall–Kier alpha value is -2.80. The topological polar surface area (TPSA) is 85.9 Å². The van der Waals surface area contributed by atoms with E-state index in [0.717, 1.165) is 5.56 Å². The summed E-state index contributed by atoms with van der Waals surface area (Å²) in [6.45, 7) is 3.48. The smallest absolute Gasteiger partial charge is 0.270 e. The van der Waals surface area contributed by atoms with E-state index in [1.807, 2.05) is 25.1 Å². The van der Waals surface area contributed by atoms with Gasteiger partial charge in [0.2, 0.25) is 0 Å². The number of aliphatic hydroxyl groups is 1. The van der Waals surface area contributed by atoms with Crippen LogP contribution >= 0.6 is 0 Å². The van der Waals surface area contributed by atoms with Gasteiger partial charge >= 0.3 is 0 Å². The molecule has 0 spiro atoms. The van der Waals surface area contributed by atoms with Crippen LogP contribution in [0.4, 0.5) is 0 Å². The molecule has 7 nitrogen and oxygen atoms in total. The molecule has 1 fully saturated rings. The van der Waals surface area contributed by atoms with Gasteiger partial charge in [-0.3, -0.25) is 9.59 Å². The molecule has 1 aromatic carbocycles. The SMILES string of the molecule is Cc1ccccc1OCC(O)C(=O)N1CCN(C(=O)c2ccc[nH]2)CC1. The first-order valence-corrected chi connectivity index (χ1v) is 8.64. The zero-order valence-corrected chi connectivity index (χ0v) is 14.7. The summed E-state index contributed by atoms with van der Waals surface area (Å²) in [6.07, 6.45) is 0.484. The van der Waals surface area contributed by atoms with Crippen molar-refractivity contribution in [1.82, 2.24) is 14.8 Å². The van der Waals surface area contributed by atoms with Crippen molar-refractivity contribution >= 4 is 11.8 Å². The van der Waals surface area contributed by atoms with Crippen LogP contribution in [0.25, 0.3) is 0 Å². The number of aromatic amines is 1. The average molecular weight is 357 g/mol. The third-order valence-corrected chi connectivity index (χ3v) is 4.48.